The first-order valence-electron chi connectivity index (χ1n) is 8.31. The Morgan fingerprint density at radius 1 is 1.21 bits per heavy atom. The van der Waals surface area contributed by atoms with Gasteiger partial charge in [0, 0.05) is 32.2 Å². The quantitative estimate of drug-likeness (QED) is 0.857. The molecule has 1 fully saturated rings. The van der Waals surface area contributed by atoms with Gasteiger partial charge < -0.3 is 10.2 Å². The van der Waals surface area contributed by atoms with E-state index in [1.54, 1.807) is 12.1 Å². The first kappa shape index (κ1) is 18.2. The van der Waals surface area contributed by atoms with Gasteiger partial charge in [0.15, 0.2) is 0 Å². The molecular weight excluding hydrogens is 311 g/mol. The zero-order valence-corrected chi connectivity index (χ0v) is 14.2. The summed E-state index contributed by atoms with van der Waals surface area (Å²) in [6.07, 6.45) is 0.805. The number of carbonyl (C=O) groups excluding carboxylic acids is 2. The molecule has 0 saturated carbocycles. The maximum Gasteiger partial charge on any atom is 0.321 e. The molecule has 0 aromatic heterocycles. The lowest BCUT2D eigenvalue weighted by molar-refractivity contribution is -0.121. The lowest BCUT2D eigenvalue weighted by Crippen LogP contribution is -2.51. The summed E-state index contributed by atoms with van der Waals surface area (Å²) in [6, 6.07) is 6.27. The van der Waals surface area contributed by atoms with Crippen LogP contribution in [0.4, 0.5) is 14.9 Å². The smallest absolute Gasteiger partial charge is 0.321 e. The number of rotatable bonds is 5. The summed E-state index contributed by atoms with van der Waals surface area (Å²) in [5.74, 6) is -0.555. The van der Waals surface area contributed by atoms with Crippen molar-refractivity contribution < 1.29 is 14.0 Å². The normalized spacial score (nSPS) is 16.5. The predicted molar refractivity (Wildman–Crippen MR) is 91.5 cm³/mol. The third-order valence-corrected chi connectivity index (χ3v) is 4.18. The summed E-state index contributed by atoms with van der Waals surface area (Å²) in [5.41, 5.74) is 0.592. The van der Waals surface area contributed by atoms with Crippen molar-refractivity contribution in [3.05, 3.63) is 30.1 Å². The molecule has 3 amide bonds. The number of carbonyl (C=O) groups is 2. The molecule has 0 aliphatic carbocycles. The average Bonchev–Trinajstić information content (AvgIpc) is 2.55. The average molecular weight is 336 g/mol. The minimum atomic E-state index is -0.459. The van der Waals surface area contributed by atoms with Gasteiger partial charge in [-0.3, -0.25) is 15.0 Å². The Bertz CT molecular complexity index is 573. The Morgan fingerprint density at radius 3 is 2.50 bits per heavy atom. The van der Waals surface area contributed by atoms with Crippen molar-refractivity contribution >= 4 is 17.6 Å². The highest BCUT2D eigenvalue weighted by Gasteiger charge is 2.21. The van der Waals surface area contributed by atoms with Crippen molar-refractivity contribution in [3.63, 3.8) is 0 Å². The zero-order chi connectivity index (χ0) is 17.5. The summed E-state index contributed by atoms with van der Waals surface area (Å²) >= 11 is 0. The minimum absolute atomic E-state index is 0.0297. The number of hydrogen-bond donors (Lipinski definition) is 2. The van der Waals surface area contributed by atoms with Crippen molar-refractivity contribution in [3.8, 4) is 0 Å². The number of amides is 3. The van der Waals surface area contributed by atoms with Gasteiger partial charge in [0.2, 0.25) is 5.91 Å². The van der Waals surface area contributed by atoms with Gasteiger partial charge in [-0.2, -0.15) is 0 Å². The molecule has 1 heterocycles. The first-order valence-corrected chi connectivity index (χ1v) is 8.31. The molecule has 132 valence electrons. The number of nitrogens with zero attached hydrogens (tertiary/aromatic N) is 2. The Balaban J connectivity index is 1.76. The molecule has 1 unspecified atom stereocenters. The van der Waals surface area contributed by atoms with Crippen LogP contribution in [0.5, 0.6) is 0 Å². The summed E-state index contributed by atoms with van der Waals surface area (Å²) < 4.78 is 13.8. The second-order valence-electron chi connectivity index (χ2n) is 6.05. The van der Waals surface area contributed by atoms with E-state index in [-0.39, 0.29) is 24.3 Å². The number of piperazine rings is 1. The summed E-state index contributed by atoms with van der Waals surface area (Å²) in [5, 5.41) is 5.03. The van der Waals surface area contributed by atoms with E-state index in [2.05, 4.69) is 10.6 Å². The van der Waals surface area contributed by atoms with Gasteiger partial charge in [0.25, 0.3) is 0 Å². The van der Waals surface area contributed by atoms with Crippen LogP contribution in [0.25, 0.3) is 0 Å². The number of imide groups is 1. The van der Waals surface area contributed by atoms with Gasteiger partial charge in [-0.25, -0.2) is 9.18 Å². The molecule has 24 heavy (non-hydrogen) atoms. The summed E-state index contributed by atoms with van der Waals surface area (Å²) in [7, 11) is 0. The van der Waals surface area contributed by atoms with Gasteiger partial charge in [-0.15, -0.1) is 0 Å². The third-order valence-electron chi connectivity index (χ3n) is 4.18. The number of para-hydroxylation sites is 1. The Morgan fingerprint density at radius 2 is 1.88 bits per heavy atom. The number of halogens is 1. The molecule has 1 aliphatic heterocycles. The fourth-order valence-electron chi connectivity index (χ4n) is 2.59. The van der Waals surface area contributed by atoms with Crippen LogP contribution in [-0.4, -0.2) is 55.6 Å². The van der Waals surface area contributed by atoms with Crippen LogP contribution < -0.4 is 15.5 Å². The molecule has 1 atom stereocenters. The van der Waals surface area contributed by atoms with E-state index < -0.39 is 6.03 Å². The van der Waals surface area contributed by atoms with E-state index in [4.69, 9.17) is 0 Å². The SMILES string of the molecule is CCC(C)NC(=O)NC(=O)CN1CCN(c2ccccc2F)CC1. The second-order valence-corrected chi connectivity index (χ2v) is 6.05. The maximum atomic E-state index is 13.8. The highest BCUT2D eigenvalue weighted by atomic mass is 19.1. The van der Waals surface area contributed by atoms with Crippen molar-refractivity contribution in [2.75, 3.05) is 37.6 Å². The topological polar surface area (TPSA) is 64.7 Å². The molecule has 2 rings (SSSR count). The third kappa shape index (κ3) is 5.19. The number of anilines is 1. The predicted octanol–water partition coefficient (Wildman–Crippen LogP) is 1.57. The standard InChI is InChI=1S/C17H25FN4O2/c1-3-13(2)19-17(24)20-16(23)12-21-8-10-22(11-9-21)15-7-5-4-6-14(15)18/h4-7,13H,3,8-12H2,1-2H3,(H2,19,20,23,24). The molecule has 1 aromatic carbocycles. The maximum absolute atomic E-state index is 13.8. The monoisotopic (exact) mass is 336 g/mol. The van der Waals surface area contributed by atoms with Gasteiger partial charge in [0.05, 0.1) is 12.2 Å². The molecule has 1 aromatic rings. The highest BCUT2D eigenvalue weighted by Crippen LogP contribution is 2.19. The van der Waals surface area contributed by atoms with Crippen LogP contribution in [0.3, 0.4) is 0 Å². The molecule has 0 radical (unpaired) electrons. The van der Waals surface area contributed by atoms with Gasteiger partial charge in [0.1, 0.15) is 5.82 Å². The summed E-state index contributed by atoms with van der Waals surface area (Å²) in [4.78, 5) is 27.5. The van der Waals surface area contributed by atoms with Crippen LogP contribution in [-0.2, 0) is 4.79 Å². The molecule has 0 spiro atoms. The van der Waals surface area contributed by atoms with Crippen LogP contribution in [0.1, 0.15) is 20.3 Å². The summed E-state index contributed by atoms with van der Waals surface area (Å²) in [6.45, 7) is 6.59. The van der Waals surface area contributed by atoms with E-state index in [0.717, 1.165) is 6.42 Å². The van der Waals surface area contributed by atoms with Crippen LogP contribution >= 0.6 is 0 Å². The minimum Gasteiger partial charge on any atom is -0.367 e. The molecule has 0 bridgehead atoms. The van der Waals surface area contributed by atoms with Gasteiger partial charge >= 0.3 is 6.03 Å². The first-order chi connectivity index (χ1) is 11.5. The zero-order valence-electron chi connectivity index (χ0n) is 14.2. The highest BCUT2D eigenvalue weighted by molar-refractivity contribution is 5.95. The largest absolute Gasteiger partial charge is 0.367 e. The van der Waals surface area contributed by atoms with Crippen LogP contribution in [0.15, 0.2) is 24.3 Å². The molecule has 6 nitrogen and oxygen atoms in total. The van der Waals surface area contributed by atoms with Crippen molar-refractivity contribution in [1.29, 1.82) is 0 Å². The second kappa shape index (κ2) is 8.63. The molecule has 7 heteroatoms. The van der Waals surface area contributed by atoms with E-state index in [9.17, 15) is 14.0 Å². The van der Waals surface area contributed by atoms with E-state index in [1.807, 2.05) is 29.7 Å². The Kier molecular flexibility index (Phi) is 6.54. The van der Waals surface area contributed by atoms with E-state index in [1.165, 1.54) is 6.07 Å². The number of hydrogen-bond acceptors (Lipinski definition) is 4. The van der Waals surface area contributed by atoms with Gasteiger partial charge in [-0.1, -0.05) is 19.1 Å². The van der Waals surface area contributed by atoms with Crippen molar-refractivity contribution in [1.82, 2.24) is 15.5 Å². The number of benzene rings is 1. The van der Waals surface area contributed by atoms with Crippen LogP contribution in [0, 0.1) is 5.82 Å². The fraction of sp³-hybridized carbons (Fsp3) is 0.529. The van der Waals surface area contributed by atoms with Crippen molar-refractivity contribution in [2.45, 2.75) is 26.3 Å². The molecular formula is C17H25FN4O2. The van der Waals surface area contributed by atoms with Gasteiger partial charge in [-0.05, 0) is 25.5 Å². The Hall–Kier alpha value is -2.15. The van der Waals surface area contributed by atoms with E-state index >= 15 is 0 Å². The lowest BCUT2D eigenvalue weighted by Gasteiger charge is -2.35. The van der Waals surface area contributed by atoms with Crippen molar-refractivity contribution in [2.24, 2.45) is 0 Å². The van der Waals surface area contributed by atoms with E-state index in [0.29, 0.717) is 31.9 Å². The Labute approximate surface area is 142 Å². The molecule has 2 N–H and O–H groups in total. The number of nitrogens with one attached hydrogen (secondary N) is 2. The molecule has 1 saturated heterocycles. The lowest BCUT2D eigenvalue weighted by atomic mass is 10.2. The number of urea groups is 1. The fourth-order valence-corrected chi connectivity index (χ4v) is 2.59. The van der Waals surface area contributed by atoms with Crippen LogP contribution in [0.2, 0.25) is 0 Å². The molecule has 1 aliphatic rings.